The molecule has 314 valence electrons. The first-order valence-corrected chi connectivity index (χ1v) is 20.7. The zero-order chi connectivity index (χ0) is 42.8. The van der Waals surface area contributed by atoms with Crippen molar-refractivity contribution in [3.8, 4) is 23.1 Å². The number of amides is 4. The molecule has 3 aromatic carbocycles. The SMILES string of the molecule is COC(=O)N/C(C(=O)N1CCC[C@H]1c1ncc(-c2ccc(C#Cc3ccc4nc([C@@H]5CC6(CC6)CN5C(=O)[C@@H](NC(=O)OC)C(C)C)[nH]c4c3)cc2)[nH]1)=C(/C)c1ccccc1. The number of aromatic amines is 2. The van der Waals surface area contributed by atoms with Gasteiger partial charge >= 0.3 is 12.2 Å². The van der Waals surface area contributed by atoms with E-state index >= 15 is 0 Å². The Labute approximate surface area is 354 Å². The summed E-state index contributed by atoms with van der Waals surface area (Å²) in [6, 6.07) is 22.0. The number of allylic oxidation sites excluding steroid dienone is 1. The molecule has 3 fully saturated rings. The number of hydrogen-bond donors (Lipinski definition) is 4. The molecule has 4 N–H and O–H groups in total. The van der Waals surface area contributed by atoms with Crippen LogP contribution in [0.3, 0.4) is 0 Å². The third-order valence-corrected chi connectivity index (χ3v) is 12.1. The zero-order valence-corrected chi connectivity index (χ0v) is 35.0. The van der Waals surface area contributed by atoms with Crippen molar-refractivity contribution in [3.63, 3.8) is 0 Å². The molecule has 5 aromatic rings. The maximum absolute atomic E-state index is 14.0. The fourth-order valence-corrected chi connectivity index (χ4v) is 8.48. The zero-order valence-electron chi connectivity index (χ0n) is 35.0. The molecule has 4 heterocycles. The van der Waals surface area contributed by atoms with Crippen molar-refractivity contribution in [3.05, 3.63) is 113 Å². The van der Waals surface area contributed by atoms with E-state index in [0.29, 0.717) is 24.5 Å². The fourth-order valence-electron chi connectivity index (χ4n) is 8.48. The van der Waals surface area contributed by atoms with E-state index in [2.05, 4.69) is 32.4 Å². The minimum absolute atomic E-state index is 0.103. The number of fused-ring (bicyclic) bond motifs is 1. The van der Waals surface area contributed by atoms with Crippen LogP contribution in [0.2, 0.25) is 0 Å². The predicted molar refractivity (Wildman–Crippen MR) is 229 cm³/mol. The highest BCUT2D eigenvalue weighted by molar-refractivity contribution is 6.03. The van der Waals surface area contributed by atoms with Crippen molar-refractivity contribution in [2.75, 3.05) is 27.3 Å². The molecule has 3 aliphatic rings. The largest absolute Gasteiger partial charge is 0.453 e. The van der Waals surface area contributed by atoms with Crippen LogP contribution in [0.4, 0.5) is 9.59 Å². The van der Waals surface area contributed by atoms with Crippen molar-refractivity contribution >= 4 is 40.6 Å². The summed E-state index contributed by atoms with van der Waals surface area (Å²) in [5, 5.41) is 5.41. The van der Waals surface area contributed by atoms with Crippen LogP contribution in [0.15, 0.2) is 84.7 Å². The quantitative estimate of drug-likeness (QED) is 0.0890. The minimum atomic E-state index is -0.711. The number of likely N-dealkylation sites (tertiary alicyclic amines) is 2. The summed E-state index contributed by atoms with van der Waals surface area (Å²) >= 11 is 0. The number of rotatable bonds is 9. The summed E-state index contributed by atoms with van der Waals surface area (Å²) in [6.45, 7) is 6.80. The Hall–Kier alpha value is -6.88. The van der Waals surface area contributed by atoms with Crippen molar-refractivity contribution in [2.24, 2.45) is 11.3 Å². The monoisotopic (exact) mass is 822 g/mol. The number of methoxy groups -OCH3 is 2. The third-order valence-electron chi connectivity index (χ3n) is 12.1. The van der Waals surface area contributed by atoms with Crippen molar-refractivity contribution in [2.45, 2.75) is 71.0 Å². The van der Waals surface area contributed by atoms with Crippen molar-refractivity contribution < 1.29 is 28.7 Å². The molecule has 1 aliphatic carbocycles. The Morgan fingerprint density at radius 2 is 1.59 bits per heavy atom. The third kappa shape index (κ3) is 8.59. The Morgan fingerprint density at radius 3 is 2.30 bits per heavy atom. The molecule has 0 unspecified atom stereocenters. The summed E-state index contributed by atoms with van der Waals surface area (Å²) in [7, 11) is 2.57. The molecule has 0 radical (unpaired) electrons. The summed E-state index contributed by atoms with van der Waals surface area (Å²) in [6.07, 6.45) is 4.93. The average Bonchev–Trinajstić information content (AvgIpc) is 3.77. The number of ether oxygens (including phenoxy) is 2. The van der Waals surface area contributed by atoms with Gasteiger partial charge in [0.15, 0.2) is 0 Å². The van der Waals surface area contributed by atoms with Crippen LogP contribution >= 0.6 is 0 Å². The average molecular weight is 823 g/mol. The number of carbonyl (C=O) groups excluding carboxylic acids is 4. The number of carbonyl (C=O) groups is 4. The van der Waals surface area contributed by atoms with Gasteiger partial charge in [-0.3, -0.25) is 14.9 Å². The van der Waals surface area contributed by atoms with E-state index in [-0.39, 0.29) is 40.9 Å². The van der Waals surface area contributed by atoms with Gasteiger partial charge in [-0.1, -0.05) is 68.2 Å². The second-order valence-electron chi connectivity index (χ2n) is 16.5. The second kappa shape index (κ2) is 17.0. The summed E-state index contributed by atoms with van der Waals surface area (Å²) in [4.78, 5) is 72.5. The summed E-state index contributed by atoms with van der Waals surface area (Å²) in [5.74, 6) is 7.42. The van der Waals surface area contributed by atoms with Crippen LogP contribution in [0, 0.1) is 23.2 Å². The minimum Gasteiger partial charge on any atom is -0.453 e. The van der Waals surface area contributed by atoms with Crippen LogP contribution in [0.25, 0.3) is 27.9 Å². The van der Waals surface area contributed by atoms with E-state index in [1.165, 1.54) is 14.2 Å². The molecule has 2 saturated heterocycles. The molecule has 14 heteroatoms. The molecule has 1 spiro atoms. The maximum Gasteiger partial charge on any atom is 0.411 e. The number of hydrogen-bond acceptors (Lipinski definition) is 8. The molecular weight excluding hydrogens is 773 g/mol. The van der Waals surface area contributed by atoms with Crippen molar-refractivity contribution in [1.29, 1.82) is 0 Å². The Morgan fingerprint density at radius 1 is 0.869 bits per heavy atom. The lowest BCUT2D eigenvalue weighted by Crippen LogP contribution is -2.51. The van der Waals surface area contributed by atoms with Crippen molar-refractivity contribution in [1.82, 2.24) is 40.4 Å². The lowest BCUT2D eigenvalue weighted by molar-refractivity contribution is -0.135. The van der Waals surface area contributed by atoms with E-state index in [1.807, 2.05) is 98.5 Å². The number of imidazole rings is 2. The fraction of sp³-hybridized carbons (Fsp3) is 0.362. The Kier molecular flexibility index (Phi) is 11.4. The number of aromatic nitrogens is 4. The first kappa shape index (κ1) is 40.9. The second-order valence-corrected chi connectivity index (χ2v) is 16.5. The molecule has 2 aromatic heterocycles. The highest BCUT2D eigenvalue weighted by atomic mass is 16.5. The van der Waals surface area contributed by atoms with Crippen LogP contribution in [0.1, 0.15) is 93.3 Å². The highest BCUT2D eigenvalue weighted by Gasteiger charge is 2.55. The normalized spacial score (nSPS) is 18.7. The van der Waals surface area contributed by atoms with E-state index in [1.54, 1.807) is 11.1 Å². The molecule has 61 heavy (non-hydrogen) atoms. The van der Waals surface area contributed by atoms with Gasteiger partial charge in [-0.25, -0.2) is 19.6 Å². The predicted octanol–water partition coefficient (Wildman–Crippen LogP) is 7.24. The Bertz CT molecular complexity index is 2560. The van der Waals surface area contributed by atoms with Gasteiger partial charge in [-0.2, -0.15) is 0 Å². The van der Waals surface area contributed by atoms with Gasteiger partial charge in [-0.05, 0) is 97.4 Å². The van der Waals surface area contributed by atoms with E-state index in [4.69, 9.17) is 19.4 Å². The molecular formula is C47H50N8O6. The molecule has 2 aliphatic heterocycles. The lowest BCUT2D eigenvalue weighted by Gasteiger charge is -2.30. The van der Waals surface area contributed by atoms with E-state index < -0.39 is 18.2 Å². The number of benzene rings is 3. The van der Waals surface area contributed by atoms with Gasteiger partial charge in [0.1, 0.15) is 23.4 Å². The molecule has 0 bridgehead atoms. The number of alkyl carbamates (subject to hydrolysis) is 2. The highest BCUT2D eigenvalue weighted by Crippen LogP contribution is 2.58. The molecule has 8 rings (SSSR count). The molecule has 4 amide bonds. The smallest absolute Gasteiger partial charge is 0.411 e. The van der Waals surface area contributed by atoms with Gasteiger partial charge < -0.3 is 34.6 Å². The van der Waals surface area contributed by atoms with Gasteiger partial charge in [-0.15, -0.1) is 0 Å². The van der Waals surface area contributed by atoms with Gasteiger partial charge in [0.2, 0.25) is 5.91 Å². The van der Waals surface area contributed by atoms with Crippen LogP contribution < -0.4 is 10.6 Å². The molecule has 14 nitrogen and oxygen atoms in total. The van der Waals surface area contributed by atoms with Crippen LogP contribution in [-0.4, -0.2) is 87.1 Å². The molecule has 3 atom stereocenters. The maximum atomic E-state index is 14.0. The van der Waals surface area contributed by atoms with Crippen LogP contribution in [0.5, 0.6) is 0 Å². The number of nitrogens with one attached hydrogen (secondary N) is 4. The summed E-state index contributed by atoms with van der Waals surface area (Å²) in [5.41, 5.74) is 6.76. The van der Waals surface area contributed by atoms with Gasteiger partial charge in [0.25, 0.3) is 5.91 Å². The van der Waals surface area contributed by atoms with Crippen LogP contribution in [-0.2, 0) is 19.1 Å². The van der Waals surface area contributed by atoms with Gasteiger partial charge in [0, 0.05) is 24.2 Å². The summed E-state index contributed by atoms with van der Waals surface area (Å²) < 4.78 is 9.66. The van der Waals surface area contributed by atoms with E-state index in [9.17, 15) is 19.2 Å². The lowest BCUT2D eigenvalue weighted by atomic mass is 10.0. The molecule has 1 saturated carbocycles. The van der Waals surface area contributed by atoms with Gasteiger partial charge in [0.05, 0.1) is 49.2 Å². The van der Waals surface area contributed by atoms with E-state index in [0.717, 1.165) is 76.9 Å². The standard InChI is InChI=1S/C47H50N8O6/c1-28(2)39(52-45(58)60-4)43(56)55-27-47(21-22-47)25-38(55)42-49-34-20-17-31(24-35(34)50-42)14-13-30-15-18-33(19-16-30)36-26-48-41(51-36)37-12-9-23-54(37)44(57)40(53-46(59)61-5)29(3)32-10-7-6-8-11-32/h6-8,10-11,15-20,24,26,28,37-39H,9,12,21-23,25,27H2,1-5H3,(H,48,51)(H,49,50)(H,52,58)(H,53,59)/b40-29-/t37-,38-,39-/m0/s1. The Balaban J connectivity index is 0.956. The topological polar surface area (TPSA) is 175 Å². The first-order valence-electron chi connectivity index (χ1n) is 20.7. The number of nitrogens with zero attached hydrogens (tertiary/aromatic N) is 4. The number of H-pyrrole nitrogens is 2. The first-order chi connectivity index (χ1) is 29.5.